The van der Waals surface area contributed by atoms with Gasteiger partial charge in [0.05, 0.1) is 11.6 Å². The highest BCUT2D eigenvalue weighted by atomic mass is 32.1. The molecule has 3 nitrogen and oxygen atoms in total. The summed E-state index contributed by atoms with van der Waals surface area (Å²) in [6.45, 7) is 4.40. The fourth-order valence-corrected chi connectivity index (χ4v) is 2.57. The van der Waals surface area contributed by atoms with Gasteiger partial charge >= 0.3 is 0 Å². The number of benzene rings is 1. The van der Waals surface area contributed by atoms with Gasteiger partial charge in [0.1, 0.15) is 0 Å². The molecule has 0 radical (unpaired) electrons. The summed E-state index contributed by atoms with van der Waals surface area (Å²) in [6, 6.07) is 8.81. The van der Waals surface area contributed by atoms with Gasteiger partial charge in [-0.15, -0.1) is 11.3 Å². The number of nitrogens with zero attached hydrogens (tertiary/aromatic N) is 1. The van der Waals surface area contributed by atoms with Gasteiger partial charge in [-0.05, 0) is 17.0 Å². The Morgan fingerprint density at radius 1 is 1.22 bits per heavy atom. The van der Waals surface area contributed by atoms with Gasteiger partial charge in [0.15, 0.2) is 0 Å². The van der Waals surface area contributed by atoms with Crippen molar-refractivity contribution in [2.24, 2.45) is 5.84 Å². The van der Waals surface area contributed by atoms with Crippen molar-refractivity contribution in [2.45, 2.75) is 32.2 Å². The lowest BCUT2D eigenvalue weighted by Gasteiger charge is -2.16. The highest BCUT2D eigenvalue weighted by molar-refractivity contribution is 7.09. The van der Waals surface area contributed by atoms with Crippen LogP contribution >= 0.6 is 11.3 Å². The first-order chi connectivity index (χ1) is 8.70. The van der Waals surface area contributed by atoms with Crippen LogP contribution < -0.4 is 11.3 Å². The van der Waals surface area contributed by atoms with Crippen molar-refractivity contribution < 1.29 is 0 Å². The summed E-state index contributed by atoms with van der Waals surface area (Å²) >= 11 is 1.66. The van der Waals surface area contributed by atoms with Crippen LogP contribution in [-0.2, 0) is 6.42 Å². The minimum atomic E-state index is 0.145. The van der Waals surface area contributed by atoms with Crippen LogP contribution in [0.4, 0.5) is 0 Å². The van der Waals surface area contributed by atoms with Gasteiger partial charge in [0, 0.05) is 17.5 Å². The Morgan fingerprint density at radius 3 is 2.39 bits per heavy atom. The van der Waals surface area contributed by atoms with Crippen molar-refractivity contribution in [3.63, 3.8) is 0 Å². The number of hydrogen-bond donors (Lipinski definition) is 2. The molecule has 2 aromatic rings. The zero-order chi connectivity index (χ0) is 13.0. The molecule has 0 spiro atoms. The molecule has 1 aromatic carbocycles. The van der Waals surface area contributed by atoms with E-state index in [2.05, 4.69) is 48.5 Å². The second-order valence-electron chi connectivity index (χ2n) is 4.71. The van der Waals surface area contributed by atoms with E-state index in [1.807, 2.05) is 11.7 Å². The molecule has 3 N–H and O–H groups in total. The standard InChI is InChI=1S/C14H19N3S/c1-10(2)11-3-5-12(6-4-11)14(17-15)7-13-8-16-9-18-13/h3-6,8-10,14,17H,7,15H2,1-2H3. The molecule has 18 heavy (non-hydrogen) atoms. The van der Waals surface area contributed by atoms with Crippen LogP contribution in [-0.4, -0.2) is 4.98 Å². The number of rotatable bonds is 5. The lowest BCUT2D eigenvalue weighted by molar-refractivity contribution is 0.555. The van der Waals surface area contributed by atoms with E-state index >= 15 is 0 Å². The molecule has 0 saturated carbocycles. The van der Waals surface area contributed by atoms with Crippen molar-refractivity contribution in [1.82, 2.24) is 10.4 Å². The van der Waals surface area contributed by atoms with Crippen LogP contribution in [0.5, 0.6) is 0 Å². The van der Waals surface area contributed by atoms with Gasteiger partial charge in [-0.1, -0.05) is 38.1 Å². The Kier molecular flexibility index (Phi) is 4.47. The summed E-state index contributed by atoms with van der Waals surface area (Å²) < 4.78 is 0. The molecule has 1 atom stereocenters. The monoisotopic (exact) mass is 261 g/mol. The largest absolute Gasteiger partial charge is 0.271 e. The molecule has 96 valence electrons. The van der Waals surface area contributed by atoms with Crippen LogP contribution in [0.3, 0.4) is 0 Å². The van der Waals surface area contributed by atoms with Crippen molar-refractivity contribution in [2.75, 3.05) is 0 Å². The normalized spacial score (nSPS) is 12.9. The van der Waals surface area contributed by atoms with Gasteiger partial charge in [-0.2, -0.15) is 0 Å². The Bertz CT molecular complexity index is 462. The predicted molar refractivity (Wildman–Crippen MR) is 76.4 cm³/mol. The van der Waals surface area contributed by atoms with E-state index in [9.17, 15) is 0 Å². The minimum Gasteiger partial charge on any atom is -0.271 e. The number of nitrogens with one attached hydrogen (secondary N) is 1. The van der Waals surface area contributed by atoms with Crippen LogP contribution in [0, 0.1) is 0 Å². The highest BCUT2D eigenvalue weighted by Gasteiger charge is 2.11. The quantitative estimate of drug-likeness (QED) is 0.642. The molecule has 0 fully saturated rings. The summed E-state index contributed by atoms with van der Waals surface area (Å²) in [5.41, 5.74) is 7.31. The predicted octanol–water partition coefficient (Wildman–Crippen LogP) is 3.01. The number of hydrogen-bond acceptors (Lipinski definition) is 4. The van der Waals surface area contributed by atoms with Crippen molar-refractivity contribution in [1.29, 1.82) is 0 Å². The average molecular weight is 261 g/mol. The van der Waals surface area contributed by atoms with Gasteiger partial charge in [-0.25, -0.2) is 0 Å². The lowest BCUT2D eigenvalue weighted by atomic mass is 9.98. The SMILES string of the molecule is CC(C)c1ccc(C(Cc2cncs2)NN)cc1. The second kappa shape index (κ2) is 6.09. The third kappa shape index (κ3) is 3.16. The Balaban J connectivity index is 2.12. The molecule has 2 rings (SSSR count). The molecule has 1 aromatic heterocycles. The smallest absolute Gasteiger partial charge is 0.0794 e. The van der Waals surface area contributed by atoms with Crippen LogP contribution in [0.2, 0.25) is 0 Å². The Labute approximate surface area is 112 Å². The van der Waals surface area contributed by atoms with Gasteiger partial charge in [-0.3, -0.25) is 16.3 Å². The van der Waals surface area contributed by atoms with Gasteiger partial charge < -0.3 is 0 Å². The third-order valence-electron chi connectivity index (χ3n) is 3.10. The topological polar surface area (TPSA) is 50.9 Å². The molecule has 1 heterocycles. The number of aromatic nitrogens is 1. The Hall–Kier alpha value is -1.23. The number of hydrazine groups is 1. The molecule has 0 aliphatic heterocycles. The van der Waals surface area contributed by atoms with Crippen LogP contribution in [0.25, 0.3) is 0 Å². The van der Waals surface area contributed by atoms with E-state index < -0.39 is 0 Å². The maximum absolute atomic E-state index is 5.65. The summed E-state index contributed by atoms with van der Waals surface area (Å²) in [7, 11) is 0. The summed E-state index contributed by atoms with van der Waals surface area (Å²) in [5.74, 6) is 6.21. The van der Waals surface area contributed by atoms with E-state index in [1.54, 1.807) is 11.3 Å². The average Bonchev–Trinajstić information content (AvgIpc) is 2.89. The van der Waals surface area contributed by atoms with E-state index in [1.165, 1.54) is 16.0 Å². The Morgan fingerprint density at radius 2 is 1.89 bits per heavy atom. The summed E-state index contributed by atoms with van der Waals surface area (Å²) in [5, 5.41) is 0. The van der Waals surface area contributed by atoms with Gasteiger partial charge in [0.2, 0.25) is 0 Å². The first-order valence-corrected chi connectivity index (χ1v) is 7.02. The molecule has 0 bridgehead atoms. The molecule has 0 aliphatic rings. The maximum Gasteiger partial charge on any atom is 0.0794 e. The molecule has 4 heteroatoms. The number of nitrogens with two attached hydrogens (primary N) is 1. The zero-order valence-electron chi connectivity index (χ0n) is 10.8. The first kappa shape index (κ1) is 13.2. The molecule has 0 amide bonds. The molecular weight excluding hydrogens is 242 g/mol. The zero-order valence-corrected chi connectivity index (χ0v) is 11.6. The van der Waals surface area contributed by atoms with E-state index in [0.29, 0.717) is 5.92 Å². The third-order valence-corrected chi connectivity index (χ3v) is 3.90. The molecule has 0 aliphatic carbocycles. The fraction of sp³-hybridized carbons (Fsp3) is 0.357. The van der Waals surface area contributed by atoms with Crippen molar-refractivity contribution in [3.05, 3.63) is 52.0 Å². The summed E-state index contributed by atoms with van der Waals surface area (Å²) in [6.07, 6.45) is 2.78. The number of thiazole rings is 1. The first-order valence-electron chi connectivity index (χ1n) is 6.14. The van der Waals surface area contributed by atoms with Crippen molar-refractivity contribution in [3.8, 4) is 0 Å². The second-order valence-corrected chi connectivity index (χ2v) is 5.68. The highest BCUT2D eigenvalue weighted by Crippen LogP contribution is 2.22. The van der Waals surface area contributed by atoms with E-state index in [0.717, 1.165) is 6.42 Å². The molecular formula is C14H19N3S. The molecule has 1 unspecified atom stereocenters. The maximum atomic E-state index is 5.65. The minimum absolute atomic E-state index is 0.145. The molecule has 0 saturated heterocycles. The lowest BCUT2D eigenvalue weighted by Crippen LogP contribution is -2.29. The summed E-state index contributed by atoms with van der Waals surface area (Å²) in [4.78, 5) is 5.33. The fourth-order valence-electron chi connectivity index (χ4n) is 1.93. The van der Waals surface area contributed by atoms with Gasteiger partial charge in [0.25, 0.3) is 0 Å². The van der Waals surface area contributed by atoms with E-state index in [4.69, 9.17) is 5.84 Å². The van der Waals surface area contributed by atoms with Crippen molar-refractivity contribution >= 4 is 11.3 Å². The van der Waals surface area contributed by atoms with E-state index in [-0.39, 0.29) is 6.04 Å². The van der Waals surface area contributed by atoms with Crippen LogP contribution in [0.15, 0.2) is 36.0 Å². The van der Waals surface area contributed by atoms with Crippen LogP contribution in [0.1, 0.15) is 41.8 Å².